The van der Waals surface area contributed by atoms with Crippen LogP contribution >= 0.6 is 0 Å². The van der Waals surface area contributed by atoms with E-state index < -0.39 is 0 Å². The number of nitrogens with one attached hydrogen (secondary N) is 1. The number of nitro groups is 1. The Kier molecular flexibility index (Phi) is 3.74. The van der Waals surface area contributed by atoms with Crippen molar-refractivity contribution in [1.82, 2.24) is 5.32 Å². The second-order valence-corrected chi connectivity index (χ2v) is 4.05. The van der Waals surface area contributed by atoms with Crippen molar-refractivity contribution in [3.8, 4) is 0 Å². The first-order valence-electron chi connectivity index (χ1n) is 5.67. The van der Waals surface area contributed by atoms with Gasteiger partial charge in [0.1, 0.15) is 5.76 Å². The molecule has 0 aliphatic rings. The Bertz CT molecular complexity index is 523. The average Bonchev–Trinajstić information content (AvgIpc) is 2.90. The number of nitrogens with zero attached hydrogens (tertiary/aromatic N) is 1. The van der Waals surface area contributed by atoms with Gasteiger partial charge in [-0.2, -0.15) is 0 Å². The van der Waals surface area contributed by atoms with E-state index in [1.54, 1.807) is 18.4 Å². The summed E-state index contributed by atoms with van der Waals surface area (Å²) in [5.74, 6) is 0.848. The molecule has 94 valence electrons. The lowest BCUT2D eigenvalue weighted by molar-refractivity contribution is -0.384. The van der Waals surface area contributed by atoms with Crippen molar-refractivity contribution < 1.29 is 9.34 Å². The highest BCUT2D eigenvalue weighted by molar-refractivity contribution is 5.34. The van der Waals surface area contributed by atoms with Crippen molar-refractivity contribution >= 4 is 5.69 Å². The lowest BCUT2D eigenvalue weighted by Gasteiger charge is -2.11. The normalized spacial score (nSPS) is 12.3. The van der Waals surface area contributed by atoms with Crippen molar-refractivity contribution in [2.75, 3.05) is 0 Å². The van der Waals surface area contributed by atoms with E-state index in [1.807, 2.05) is 25.1 Å². The van der Waals surface area contributed by atoms with E-state index in [0.717, 1.165) is 11.3 Å². The van der Waals surface area contributed by atoms with Crippen LogP contribution in [0.5, 0.6) is 0 Å². The molecule has 0 fully saturated rings. The molecule has 1 N–H and O–H groups in total. The van der Waals surface area contributed by atoms with Gasteiger partial charge >= 0.3 is 0 Å². The number of hydrogen-bond donors (Lipinski definition) is 1. The largest absolute Gasteiger partial charge is 0.468 e. The van der Waals surface area contributed by atoms with Gasteiger partial charge in [0.15, 0.2) is 0 Å². The molecule has 0 aliphatic heterocycles. The quantitative estimate of drug-likeness (QED) is 0.650. The minimum absolute atomic E-state index is 0.0688. The van der Waals surface area contributed by atoms with Gasteiger partial charge in [-0.05, 0) is 24.6 Å². The fourth-order valence-electron chi connectivity index (χ4n) is 1.69. The summed E-state index contributed by atoms with van der Waals surface area (Å²) in [6, 6.07) is 10.4. The van der Waals surface area contributed by atoms with Gasteiger partial charge in [-0.15, -0.1) is 0 Å². The van der Waals surface area contributed by atoms with Crippen molar-refractivity contribution in [3.05, 3.63) is 64.1 Å². The maximum Gasteiger partial charge on any atom is 0.269 e. The molecule has 0 bridgehead atoms. The van der Waals surface area contributed by atoms with Crippen molar-refractivity contribution in [1.29, 1.82) is 0 Å². The Morgan fingerprint density at radius 2 is 2.22 bits per heavy atom. The van der Waals surface area contributed by atoms with Crippen LogP contribution in [0.2, 0.25) is 0 Å². The summed E-state index contributed by atoms with van der Waals surface area (Å²) in [4.78, 5) is 10.3. The van der Waals surface area contributed by atoms with Crippen LogP contribution in [0.25, 0.3) is 0 Å². The van der Waals surface area contributed by atoms with Crippen LogP contribution in [0.15, 0.2) is 47.1 Å². The van der Waals surface area contributed by atoms with Crippen LogP contribution in [-0.4, -0.2) is 4.92 Å². The van der Waals surface area contributed by atoms with E-state index in [2.05, 4.69) is 5.32 Å². The van der Waals surface area contributed by atoms with Crippen molar-refractivity contribution in [2.45, 2.75) is 19.5 Å². The lowest BCUT2D eigenvalue weighted by Crippen LogP contribution is -2.17. The van der Waals surface area contributed by atoms with E-state index in [1.165, 1.54) is 6.07 Å². The standard InChI is InChI=1S/C13H14N2O3/c1-10(13-6-3-7-18-13)14-9-11-4-2-5-12(8-11)15(16)17/h2-8,10,14H,9H2,1H3/t10-/m0/s1. The van der Waals surface area contributed by atoms with Crippen LogP contribution in [-0.2, 0) is 6.54 Å². The molecule has 1 aromatic heterocycles. The molecule has 0 saturated heterocycles. The SMILES string of the molecule is C[C@H](NCc1cccc([N+](=O)[O-])c1)c1ccco1. The number of nitro benzene ring substituents is 1. The Balaban J connectivity index is 1.98. The smallest absolute Gasteiger partial charge is 0.269 e. The first kappa shape index (κ1) is 12.3. The molecule has 2 rings (SSSR count). The Labute approximate surface area is 105 Å². The lowest BCUT2D eigenvalue weighted by atomic mass is 10.2. The van der Waals surface area contributed by atoms with E-state index in [9.17, 15) is 10.1 Å². The van der Waals surface area contributed by atoms with Gasteiger partial charge in [0.25, 0.3) is 5.69 Å². The summed E-state index contributed by atoms with van der Waals surface area (Å²) in [7, 11) is 0. The third-order valence-corrected chi connectivity index (χ3v) is 2.70. The molecule has 5 nitrogen and oxygen atoms in total. The van der Waals surface area contributed by atoms with E-state index in [4.69, 9.17) is 4.42 Å². The number of rotatable bonds is 5. The van der Waals surface area contributed by atoms with E-state index in [0.29, 0.717) is 6.54 Å². The van der Waals surface area contributed by atoms with Gasteiger partial charge < -0.3 is 9.73 Å². The molecule has 1 atom stereocenters. The molecule has 0 amide bonds. The van der Waals surface area contributed by atoms with E-state index in [-0.39, 0.29) is 16.7 Å². The van der Waals surface area contributed by atoms with Gasteiger partial charge in [0.2, 0.25) is 0 Å². The summed E-state index contributed by atoms with van der Waals surface area (Å²) in [5, 5.41) is 13.9. The highest BCUT2D eigenvalue weighted by Gasteiger charge is 2.09. The first-order valence-corrected chi connectivity index (χ1v) is 5.67. The molecule has 2 aromatic rings. The van der Waals surface area contributed by atoms with Gasteiger partial charge in [-0.1, -0.05) is 12.1 Å². The maximum absolute atomic E-state index is 10.6. The number of non-ortho nitro benzene ring substituents is 1. The number of hydrogen-bond acceptors (Lipinski definition) is 4. The first-order chi connectivity index (χ1) is 8.66. The molecule has 0 radical (unpaired) electrons. The summed E-state index contributed by atoms with van der Waals surface area (Å²) < 4.78 is 5.27. The van der Waals surface area contributed by atoms with Gasteiger partial charge in [-0.3, -0.25) is 10.1 Å². The minimum atomic E-state index is -0.389. The predicted octanol–water partition coefficient (Wildman–Crippen LogP) is 3.04. The molecule has 0 spiro atoms. The van der Waals surface area contributed by atoms with Gasteiger partial charge in [0, 0.05) is 18.7 Å². The fourth-order valence-corrected chi connectivity index (χ4v) is 1.69. The zero-order chi connectivity index (χ0) is 13.0. The minimum Gasteiger partial charge on any atom is -0.468 e. The van der Waals surface area contributed by atoms with Gasteiger partial charge in [0.05, 0.1) is 17.2 Å². The third-order valence-electron chi connectivity index (χ3n) is 2.70. The Hall–Kier alpha value is -2.14. The zero-order valence-corrected chi connectivity index (χ0v) is 10.00. The monoisotopic (exact) mass is 246 g/mol. The molecule has 1 aromatic carbocycles. The Morgan fingerprint density at radius 1 is 1.39 bits per heavy atom. The molecule has 0 unspecified atom stereocenters. The summed E-state index contributed by atoms with van der Waals surface area (Å²) in [5.41, 5.74) is 0.988. The zero-order valence-electron chi connectivity index (χ0n) is 10.00. The van der Waals surface area contributed by atoms with Crippen LogP contribution < -0.4 is 5.32 Å². The molecule has 5 heteroatoms. The van der Waals surface area contributed by atoms with Crippen LogP contribution in [0.1, 0.15) is 24.3 Å². The van der Waals surface area contributed by atoms with Crippen molar-refractivity contribution in [2.24, 2.45) is 0 Å². The second kappa shape index (κ2) is 5.46. The van der Waals surface area contributed by atoms with Crippen LogP contribution in [0.4, 0.5) is 5.69 Å². The molecule has 0 aliphatic carbocycles. The van der Waals surface area contributed by atoms with Crippen LogP contribution in [0, 0.1) is 10.1 Å². The third kappa shape index (κ3) is 2.95. The molecular formula is C13H14N2O3. The van der Waals surface area contributed by atoms with E-state index >= 15 is 0 Å². The molecule has 18 heavy (non-hydrogen) atoms. The molecule has 0 saturated carbocycles. The number of furan rings is 1. The predicted molar refractivity (Wildman–Crippen MR) is 67.1 cm³/mol. The highest BCUT2D eigenvalue weighted by Crippen LogP contribution is 2.16. The van der Waals surface area contributed by atoms with Crippen LogP contribution in [0.3, 0.4) is 0 Å². The topological polar surface area (TPSA) is 68.3 Å². The van der Waals surface area contributed by atoms with Gasteiger partial charge in [-0.25, -0.2) is 0 Å². The average molecular weight is 246 g/mol. The summed E-state index contributed by atoms with van der Waals surface area (Å²) >= 11 is 0. The Morgan fingerprint density at radius 3 is 2.89 bits per heavy atom. The maximum atomic E-state index is 10.6. The second-order valence-electron chi connectivity index (χ2n) is 4.05. The fraction of sp³-hybridized carbons (Fsp3) is 0.231. The van der Waals surface area contributed by atoms with Crippen molar-refractivity contribution in [3.63, 3.8) is 0 Å². The summed E-state index contributed by atoms with van der Waals surface area (Å²) in [6.07, 6.45) is 1.63. The summed E-state index contributed by atoms with van der Waals surface area (Å²) in [6.45, 7) is 2.54. The number of benzene rings is 1. The molecular weight excluding hydrogens is 232 g/mol. The highest BCUT2D eigenvalue weighted by atomic mass is 16.6. The molecule has 1 heterocycles.